The Morgan fingerprint density at radius 2 is 2.00 bits per heavy atom. The van der Waals surface area contributed by atoms with Gasteiger partial charge in [-0.05, 0) is 6.42 Å². The number of nitrogens with one attached hydrogen (secondary N) is 1. The molecule has 0 aliphatic rings. The number of hydrogen-bond donors (Lipinski definition) is 1. The lowest BCUT2D eigenvalue weighted by Gasteiger charge is -2.04. The highest BCUT2D eigenvalue weighted by atomic mass is 16.5. The Balaban J connectivity index is 3.27. The molecule has 0 aromatic carbocycles. The van der Waals surface area contributed by atoms with Crippen LogP contribution < -0.4 is 5.32 Å². The van der Waals surface area contributed by atoms with Gasteiger partial charge in [0.15, 0.2) is 0 Å². The van der Waals surface area contributed by atoms with Gasteiger partial charge in [-0.2, -0.15) is 0 Å². The largest absolute Gasteiger partial charge is 0.469 e. The van der Waals surface area contributed by atoms with Gasteiger partial charge in [0.2, 0.25) is 0 Å². The van der Waals surface area contributed by atoms with Gasteiger partial charge in [-0.1, -0.05) is 13.3 Å². The summed E-state index contributed by atoms with van der Waals surface area (Å²) >= 11 is 0. The second-order valence-electron chi connectivity index (χ2n) is 3.08. The second-order valence-corrected chi connectivity index (χ2v) is 3.08. The molecule has 0 heterocycles. The standard InChI is InChI=1S/C10H19NO4/c1-3-4-7-15-10(13)8-11-6-5-9(12)14-2/h11H,3-8H2,1-2H3. The van der Waals surface area contributed by atoms with Crippen LogP contribution in [0.1, 0.15) is 26.2 Å². The maximum absolute atomic E-state index is 11.0. The predicted molar refractivity (Wildman–Crippen MR) is 55.4 cm³/mol. The number of methoxy groups -OCH3 is 1. The van der Waals surface area contributed by atoms with Crippen molar-refractivity contribution >= 4 is 11.9 Å². The first-order valence-corrected chi connectivity index (χ1v) is 5.13. The number of carbonyl (C=O) groups is 2. The molecule has 5 nitrogen and oxygen atoms in total. The molecule has 0 amide bonds. The van der Waals surface area contributed by atoms with Gasteiger partial charge in [0, 0.05) is 6.54 Å². The molecule has 0 bridgehead atoms. The molecule has 0 aromatic heterocycles. The Morgan fingerprint density at radius 3 is 2.60 bits per heavy atom. The zero-order valence-corrected chi connectivity index (χ0v) is 9.38. The Hall–Kier alpha value is -1.10. The lowest BCUT2D eigenvalue weighted by atomic mass is 10.4. The third kappa shape index (κ3) is 9.21. The van der Waals surface area contributed by atoms with E-state index in [0.717, 1.165) is 12.8 Å². The number of unbranched alkanes of at least 4 members (excludes halogenated alkanes) is 1. The summed E-state index contributed by atoms with van der Waals surface area (Å²) in [5.41, 5.74) is 0. The third-order valence-electron chi connectivity index (χ3n) is 1.76. The van der Waals surface area contributed by atoms with Crippen LogP contribution in [-0.4, -0.2) is 38.7 Å². The van der Waals surface area contributed by atoms with E-state index in [-0.39, 0.29) is 24.9 Å². The SMILES string of the molecule is CCCCOC(=O)CNCCC(=O)OC. The zero-order valence-electron chi connectivity index (χ0n) is 9.38. The molecule has 5 heteroatoms. The molecule has 0 saturated carbocycles. The van der Waals surface area contributed by atoms with E-state index in [1.165, 1.54) is 7.11 Å². The normalized spacial score (nSPS) is 9.73. The minimum absolute atomic E-state index is 0.140. The minimum Gasteiger partial charge on any atom is -0.469 e. The summed E-state index contributed by atoms with van der Waals surface area (Å²) in [7, 11) is 1.33. The van der Waals surface area contributed by atoms with Crippen molar-refractivity contribution in [2.45, 2.75) is 26.2 Å². The Kier molecular flexibility index (Phi) is 8.76. The van der Waals surface area contributed by atoms with Crippen LogP contribution in [0.15, 0.2) is 0 Å². The van der Waals surface area contributed by atoms with Gasteiger partial charge >= 0.3 is 11.9 Å². The van der Waals surface area contributed by atoms with Crippen LogP contribution >= 0.6 is 0 Å². The molecule has 88 valence electrons. The van der Waals surface area contributed by atoms with Crippen molar-refractivity contribution in [3.63, 3.8) is 0 Å². The summed E-state index contributed by atoms with van der Waals surface area (Å²) in [6.07, 6.45) is 2.15. The van der Waals surface area contributed by atoms with E-state index in [4.69, 9.17) is 4.74 Å². The Bertz CT molecular complexity index is 194. The fourth-order valence-corrected chi connectivity index (χ4v) is 0.864. The second kappa shape index (κ2) is 9.45. The quantitative estimate of drug-likeness (QED) is 0.473. The van der Waals surface area contributed by atoms with E-state index in [0.29, 0.717) is 13.2 Å². The summed E-state index contributed by atoms with van der Waals surface area (Å²) in [5, 5.41) is 2.80. The Morgan fingerprint density at radius 1 is 1.27 bits per heavy atom. The number of esters is 2. The van der Waals surface area contributed by atoms with E-state index in [1.807, 2.05) is 6.92 Å². The van der Waals surface area contributed by atoms with Crippen LogP contribution in [0.25, 0.3) is 0 Å². The molecule has 0 radical (unpaired) electrons. The van der Waals surface area contributed by atoms with Crippen LogP contribution in [0, 0.1) is 0 Å². The smallest absolute Gasteiger partial charge is 0.319 e. The first-order valence-electron chi connectivity index (χ1n) is 5.13. The molecular formula is C10H19NO4. The van der Waals surface area contributed by atoms with Crippen molar-refractivity contribution in [2.24, 2.45) is 0 Å². The molecule has 0 spiro atoms. The summed E-state index contributed by atoms with van der Waals surface area (Å²) in [5.74, 6) is -0.574. The zero-order chi connectivity index (χ0) is 11.5. The number of ether oxygens (including phenoxy) is 2. The summed E-state index contributed by atoms with van der Waals surface area (Å²) in [4.78, 5) is 21.7. The van der Waals surface area contributed by atoms with Gasteiger partial charge in [0.25, 0.3) is 0 Å². The van der Waals surface area contributed by atoms with Crippen molar-refractivity contribution in [2.75, 3.05) is 26.8 Å². The van der Waals surface area contributed by atoms with Crippen molar-refractivity contribution in [1.29, 1.82) is 0 Å². The topological polar surface area (TPSA) is 64.6 Å². The predicted octanol–water partition coefficient (Wildman–Crippen LogP) is 0.482. The van der Waals surface area contributed by atoms with Gasteiger partial charge in [-0.15, -0.1) is 0 Å². The van der Waals surface area contributed by atoms with Crippen LogP contribution in [0.2, 0.25) is 0 Å². The lowest BCUT2D eigenvalue weighted by Crippen LogP contribution is -2.27. The molecule has 0 rings (SSSR count). The highest BCUT2D eigenvalue weighted by Gasteiger charge is 2.03. The molecule has 0 atom stereocenters. The molecule has 15 heavy (non-hydrogen) atoms. The maximum atomic E-state index is 11.0. The van der Waals surface area contributed by atoms with Gasteiger partial charge in [0.1, 0.15) is 0 Å². The van der Waals surface area contributed by atoms with Gasteiger partial charge in [-0.25, -0.2) is 0 Å². The van der Waals surface area contributed by atoms with Crippen LogP contribution in [-0.2, 0) is 19.1 Å². The first-order chi connectivity index (χ1) is 7.20. The van der Waals surface area contributed by atoms with Crippen molar-refractivity contribution in [3.05, 3.63) is 0 Å². The molecule has 0 saturated heterocycles. The first kappa shape index (κ1) is 13.9. The van der Waals surface area contributed by atoms with Crippen molar-refractivity contribution < 1.29 is 19.1 Å². The van der Waals surface area contributed by atoms with E-state index >= 15 is 0 Å². The van der Waals surface area contributed by atoms with Crippen molar-refractivity contribution in [1.82, 2.24) is 5.32 Å². The monoisotopic (exact) mass is 217 g/mol. The molecular weight excluding hydrogens is 198 g/mol. The van der Waals surface area contributed by atoms with E-state index in [1.54, 1.807) is 0 Å². The van der Waals surface area contributed by atoms with Gasteiger partial charge in [0.05, 0.1) is 26.7 Å². The summed E-state index contributed by atoms with van der Waals surface area (Å²) in [6, 6.07) is 0. The fourth-order valence-electron chi connectivity index (χ4n) is 0.864. The average Bonchev–Trinajstić information content (AvgIpc) is 2.24. The third-order valence-corrected chi connectivity index (χ3v) is 1.76. The van der Waals surface area contributed by atoms with Gasteiger partial charge in [-0.3, -0.25) is 9.59 Å². The highest BCUT2D eigenvalue weighted by Crippen LogP contribution is 1.88. The summed E-state index contributed by atoms with van der Waals surface area (Å²) < 4.78 is 9.34. The molecule has 0 fully saturated rings. The molecule has 0 aromatic rings. The van der Waals surface area contributed by atoms with E-state index < -0.39 is 0 Å². The van der Waals surface area contributed by atoms with E-state index in [9.17, 15) is 9.59 Å². The maximum Gasteiger partial charge on any atom is 0.319 e. The highest BCUT2D eigenvalue weighted by molar-refractivity contribution is 5.72. The number of rotatable bonds is 8. The number of carbonyl (C=O) groups excluding carboxylic acids is 2. The van der Waals surface area contributed by atoms with Gasteiger partial charge < -0.3 is 14.8 Å². The Labute approximate surface area is 90.1 Å². The lowest BCUT2D eigenvalue weighted by molar-refractivity contribution is -0.143. The van der Waals surface area contributed by atoms with Crippen LogP contribution in [0.4, 0.5) is 0 Å². The number of hydrogen-bond acceptors (Lipinski definition) is 5. The van der Waals surface area contributed by atoms with Crippen LogP contribution in [0.3, 0.4) is 0 Å². The molecule has 0 aliphatic carbocycles. The fraction of sp³-hybridized carbons (Fsp3) is 0.800. The summed E-state index contributed by atoms with van der Waals surface area (Å²) in [6.45, 7) is 3.06. The molecule has 1 N–H and O–H groups in total. The minimum atomic E-state index is -0.290. The molecule has 0 unspecified atom stereocenters. The van der Waals surface area contributed by atoms with Crippen LogP contribution in [0.5, 0.6) is 0 Å². The molecule has 0 aliphatic heterocycles. The average molecular weight is 217 g/mol. The van der Waals surface area contributed by atoms with Crippen molar-refractivity contribution in [3.8, 4) is 0 Å². The van der Waals surface area contributed by atoms with E-state index in [2.05, 4.69) is 10.1 Å².